The van der Waals surface area contributed by atoms with Crippen LogP contribution in [0, 0.1) is 13.8 Å². The summed E-state index contributed by atoms with van der Waals surface area (Å²) in [7, 11) is 0. The van der Waals surface area contributed by atoms with E-state index in [0.29, 0.717) is 12.1 Å². The molecule has 3 rings (SSSR count). The van der Waals surface area contributed by atoms with Gasteiger partial charge in [0.05, 0.1) is 11.3 Å². The third-order valence-corrected chi connectivity index (χ3v) is 4.74. The minimum absolute atomic E-state index is 0.179. The van der Waals surface area contributed by atoms with E-state index >= 15 is 0 Å². The number of anilines is 1. The molecule has 0 spiro atoms. The van der Waals surface area contributed by atoms with Crippen LogP contribution in [0.25, 0.3) is 5.69 Å². The Kier molecular flexibility index (Phi) is 5.78. The van der Waals surface area contributed by atoms with Gasteiger partial charge in [0.25, 0.3) is 5.91 Å². The Labute approximate surface area is 171 Å². The zero-order valence-corrected chi connectivity index (χ0v) is 16.7. The van der Waals surface area contributed by atoms with Gasteiger partial charge in [0, 0.05) is 17.4 Å². The summed E-state index contributed by atoms with van der Waals surface area (Å²) in [5.74, 6) is -0.776. The lowest BCUT2D eigenvalue weighted by molar-refractivity contribution is -0.137. The lowest BCUT2D eigenvalue weighted by Crippen LogP contribution is -2.28. The van der Waals surface area contributed by atoms with Crippen molar-refractivity contribution in [3.05, 3.63) is 86.8 Å². The number of aryl methyl sites for hydroxylation is 3. The molecule has 0 saturated carbocycles. The minimum atomic E-state index is -4.62. The van der Waals surface area contributed by atoms with E-state index in [1.165, 1.54) is 25.1 Å². The molecule has 0 atom stereocenters. The van der Waals surface area contributed by atoms with Crippen molar-refractivity contribution >= 4 is 11.6 Å². The van der Waals surface area contributed by atoms with E-state index in [0.717, 1.165) is 27.9 Å². The van der Waals surface area contributed by atoms with Gasteiger partial charge in [0.15, 0.2) is 5.69 Å². The van der Waals surface area contributed by atoms with Crippen LogP contribution in [0.1, 0.15) is 39.8 Å². The monoisotopic (exact) mass is 415 g/mol. The molecule has 5 nitrogen and oxygen atoms in total. The van der Waals surface area contributed by atoms with Gasteiger partial charge in [-0.05, 0) is 43.5 Å². The van der Waals surface area contributed by atoms with Gasteiger partial charge in [-0.2, -0.15) is 18.3 Å². The highest BCUT2D eigenvalue weighted by molar-refractivity contribution is 6.03. The first-order valence-electron chi connectivity index (χ1n) is 9.31. The number of halogens is 3. The highest BCUT2D eigenvalue weighted by atomic mass is 19.4. The average molecular weight is 415 g/mol. The molecule has 156 valence electrons. The van der Waals surface area contributed by atoms with Crippen LogP contribution in [-0.2, 0) is 12.6 Å². The molecule has 2 aromatic carbocycles. The maximum atomic E-state index is 13.4. The largest absolute Gasteiger partial charge is 0.418 e. The van der Waals surface area contributed by atoms with Crippen molar-refractivity contribution in [2.75, 3.05) is 5.32 Å². The molecule has 0 fully saturated rings. The highest BCUT2D eigenvalue weighted by Gasteiger charge is 2.34. The molecule has 0 saturated heterocycles. The van der Waals surface area contributed by atoms with E-state index in [1.54, 1.807) is 0 Å². The summed E-state index contributed by atoms with van der Waals surface area (Å²) in [5.41, 5.74) is 0.0906. The number of alkyl halides is 3. The molecular formula is C22H20F3N3O2. The molecule has 0 aliphatic rings. The molecule has 8 heteroatoms. The summed E-state index contributed by atoms with van der Waals surface area (Å²) < 4.78 is 41.3. The second-order valence-corrected chi connectivity index (χ2v) is 6.84. The quantitative estimate of drug-likeness (QED) is 0.673. The fraction of sp³-hybridized carbons (Fsp3) is 0.227. The fourth-order valence-corrected chi connectivity index (χ4v) is 3.22. The molecule has 1 amide bonds. The number of nitrogens with zero attached hydrogens (tertiary/aromatic N) is 2. The van der Waals surface area contributed by atoms with E-state index < -0.39 is 28.8 Å². The first kappa shape index (κ1) is 21.3. The summed E-state index contributed by atoms with van der Waals surface area (Å²) in [6.45, 7) is 5.20. The Morgan fingerprint density at radius 3 is 2.47 bits per heavy atom. The molecule has 30 heavy (non-hydrogen) atoms. The van der Waals surface area contributed by atoms with Crippen molar-refractivity contribution in [1.29, 1.82) is 0 Å². The van der Waals surface area contributed by atoms with Crippen molar-refractivity contribution in [2.45, 2.75) is 33.4 Å². The van der Waals surface area contributed by atoms with Crippen LogP contribution in [0.2, 0.25) is 0 Å². The number of nitrogens with one attached hydrogen (secondary N) is 1. The third-order valence-electron chi connectivity index (χ3n) is 4.74. The summed E-state index contributed by atoms with van der Waals surface area (Å²) >= 11 is 0. The number of hydrogen-bond acceptors (Lipinski definition) is 3. The van der Waals surface area contributed by atoms with Crippen LogP contribution in [0.15, 0.2) is 53.3 Å². The Morgan fingerprint density at radius 1 is 1.10 bits per heavy atom. The van der Waals surface area contributed by atoms with E-state index in [9.17, 15) is 22.8 Å². The number of aromatic nitrogens is 2. The number of carbonyl (C=O) groups excluding carboxylic acids is 1. The van der Waals surface area contributed by atoms with Crippen LogP contribution in [0.3, 0.4) is 0 Å². The van der Waals surface area contributed by atoms with Crippen molar-refractivity contribution in [1.82, 2.24) is 9.78 Å². The van der Waals surface area contributed by atoms with Crippen molar-refractivity contribution in [2.24, 2.45) is 0 Å². The SMILES string of the molecule is CCc1cccc(C)c1NC(=O)c1nn(-c2ccccc2C(F)(F)F)c(C)cc1=O. The Bertz CT molecular complexity index is 1170. The number of hydrogen-bond donors (Lipinski definition) is 1. The molecule has 1 aromatic heterocycles. The molecule has 0 unspecified atom stereocenters. The van der Waals surface area contributed by atoms with Crippen LogP contribution in [-0.4, -0.2) is 15.7 Å². The number of amides is 1. The molecule has 0 bridgehead atoms. The second kappa shape index (κ2) is 8.14. The standard InChI is InChI=1S/C22H20F3N3O2/c1-4-15-9-7-8-13(2)19(15)26-21(30)20-18(29)12-14(3)28(27-20)17-11-6-5-10-16(17)22(23,24)25/h5-12H,4H2,1-3H3,(H,26,30). The highest BCUT2D eigenvalue weighted by Crippen LogP contribution is 2.33. The van der Waals surface area contributed by atoms with Crippen LogP contribution in [0.4, 0.5) is 18.9 Å². The molecule has 0 aliphatic carbocycles. The van der Waals surface area contributed by atoms with Crippen molar-refractivity contribution in [3.63, 3.8) is 0 Å². The molecular weight excluding hydrogens is 395 g/mol. The Hall–Kier alpha value is -3.42. The summed E-state index contributed by atoms with van der Waals surface area (Å²) in [6.07, 6.45) is -3.96. The lowest BCUT2D eigenvalue weighted by Gasteiger charge is -2.17. The third kappa shape index (κ3) is 4.12. The average Bonchev–Trinajstić information content (AvgIpc) is 2.69. The first-order valence-corrected chi connectivity index (χ1v) is 9.31. The van der Waals surface area contributed by atoms with Crippen molar-refractivity contribution < 1.29 is 18.0 Å². The van der Waals surface area contributed by atoms with Crippen LogP contribution >= 0.6 is 0 Å². The fourth-order valence-electron chi connectivity index (χ4n) is 3.22. The van der Waals surface area contributed by atoms with Crippen LogP contribution < -0.4 is 10.7 Å². The number of carbonyl (C=O) groups is 1. The molecule has 1 N–H and O–H groups in total. The van der Waals surface area contributed by atoms with Gasteiger partial charge in [-0.25, -0.2) is 4.68 Å². The summed E-state index contributed by atoms with van der Waals surface area (Å²) in [5, 5.41) is 6.68. The number of rotatable bonds is 4. The van der Waals surface area contributed by atoms with Gasteiger partial charge in [0.2, 0.25) is 5.43 Å². The van der Waals surface area contributed by atoms with E-state index in [4.69, 9.17) is 0 Å². The Morgan fingerprint density at radius 2 is 1.80 bits per heavy atom. The molecule has 1 heterocycles. The number of para-hydroxylation sites is 2. The smallest absolute Gasteiger partial charge is 0.320 e. The molecule has 0 aliphatic heterocycles. The predicted molar refractivity (Wildman–Crippen MR) is 108 cm³/mol. The normalized spacial score (nSPS) is 11.4. The first-order chi connectivity index (χ1) is 14.1. The molecule has 0 radical (unpaired) electrons. The summed E-state index contributed by atoms with van der Waals surface area (Å²) in [4.78, 5) is 25.2. The van der Waals surface area contributed by atoms with Gasteiger partial charge in [-0.15, -0.1) is 0 Å². The maximum absolute atomic E-state index is 13.4. The Balaban J connectivity index is 2.10. The zero-order chi connectivity index (χ0) is 22.1. The molecule has 3 aromatic rings. The van der Waals surface area contributed by atoms with Crippen molar-refractivity contribution in [3.8, 4) is 5.69 Å². The van der Waals surface area contributed by atoms with Gasteiger partial charge in [-0.3, -0.25) is 9.59 Å². The second-order valence-electron chi connectivity index (χ2n) is 6.84. The maximum Gasteiger partial charge on any atom is 0.418 e. The van der Waals surface area contributed by atoms with Crippen LogP contribution in [0.5, 0.6) is 0 Å². The van der Waals surface area contributed by atoms with E-state index in [1.807, 2.05) is 32.0 Å². The lowest BCUT2D eigenvalue weighted by atomic mass is 10.1. The van der Waals surface area contributed by atoms with Gasteiger partial charge in [0.1, 0.15) is 0 Å². The van der Waals surface area contributed by atoms with E-state index in [-0.39, 0.29) is 11.4 Å². The predicted octanol–water partition coefficient (Wildman–Crippen LogP) is 4.68. The number of benzene rings is 2. The van der Waals surface area contributed by atoms with Gasteiger partial charge >= 0.3 is 6.18 Å². The van der Waals surface area contributed by atoms with E-state index in [2.05, 4.69) is 10.4 Å². The minimum Gasteiger partial charge on any atom is -0.320 e. The summed E-state index contributed by atoms with van der Waals surface area (Å²) in [6, 6.07) is 11.5. The topological polar surface area (TPSA) is 64.0 Å². The van der Waals surface area contributed by atoms with Gasteiger partial charge < -0.3 is 5.32 Å². The zero-order valence-electron chi connectivity index (χ0n) is 16.7. The van der Waals surface area contributed by atoms with Gasteiger partial charge in [-0.1, -0.05) is 37.3 Å².